The van der Waals surface area contributed by atoms with Crippen molar-refractivity contribution in [1.82, 2.24) is 0 Å². The van der Waals surface area contributed by atoms with E-state index in [0.717, 1.165) is 23.7 Å². The number of carbonyl (C=O) groups is 2. The average molecular weight is 494 g/mol. The van der Waals surface area contributed by atoms with E-state index >= 15 is 0 Å². The molecule has 0 spiro atoms. The summed E-state index contributed by atoms with van der Waals surface area (Å²) in [5.74, 6) is -0.737. The largest absolute Gasteiger partial charge is 0.326 e. The molecule has 9 heteroatoms. The van der Waals surface area contributed by atoms with Crippen molar-refractivity contribution >= 4 is 50.1 Å². The van der Waals surface area contributed by atoms with Gasteiger partial charge in [-0.15, -0.1) is 4.40 Å². The highest BCUT2D eigenvalue weighted by molar-refractivity contribution is 8.16. The zero-order valence-corrected chi connectivity index (χ0v) is 20.1. The molecular formula is C25H23N3O4S2. The number of nitrogens with zero attached hydrogens (tertiary/aromatic N) is 2. The normalized spacial score (nSPS) is 17.2. The fourth-order valence-corrected chi connectivity index (χ4v) is 5.76. The van der Waals surface area contributed by atoms with Crippen molar-refractivity contribution in [2.24, 2.45) is 4.40 Å². The third-order valence-electron chi connectivity index (χ3n) is 5.21. The monoisotopic (exact) mass is 493 g/mol. The Kier molecular flexibility index (Phi) is 7.14. The molecule has 1 heterocycles. The Balaban J connectivity index is 1.62. The van der Waals surface area contributed by atoms with E-state index in [4.69, 9.17) is 0 Å². The Morgan fingerprint density at radius 2 is 1.59 bits per heavy atom. The lowest BCUT2D eigenvalue weighted by Crippen LogP contribution is -2.33. The first kappa shape index (κ1) is 23.7. The summed E-state index contributed by atoms with van der Waals surface area (Å²) >= 11 is 0.976. The predicted molar refractivity (Wildman–Crippen MR) is 135 cm³/mol. The van der Waals surface area contributed by atoms with Crippen LogP contribution in [-0.2, 0) is 26.0 Å². The van der Waals surface area contributed by atoms with Crippen LogP contribution < -0.4 is 10.2 Å². The lowest BCUT2D eigenvalue weighted by molar-refractivity contribution is -0.121. The van der Waals surface area contributed by atoms with Gasteiger partial charge < -0.3 is 5.32 Å². The second kappa shape index (κ2) is 10.2. The Morgan fingerprint density at radius 1 is 0.971 bits per heavy atom. The molecule has 0 aliphatic carbocycles. The van der Waals surface area contributed by atoms with Crippen molar-refractivity contribution in [3.05, 3.63) is 90.5 Å². The van der Waals surface area contributed by atoms with Crippen molar-refractivity contribution in [3.63, 3.8) is 0 Å². The molecule has 0 saturated carbocycles. The van der Waals surface area contributed by atoms with Crippen LogP contribution in [0.25, 0.3) is 0 Å². The van der Waals surface area contributed by atoms with Gasteiger partial charge in [-0.25, -0.2) is 0 Å². The van der Waals surface area contributed by atoms with E-state index in [1.807, 2.05) is 13.0 Å². The first-order valence-electron chi connectivity index (χ1n) is 10.7. The molecule has 1 N–H and O–H groups in total. The molecule has 174 valence electrons. The van der Waals surface area contributed by atoms with E-state index in [9.17, 15) is 18.0 Å². The van der Waals surface area contributed by atoms with Crippen LogP contribution in [-0.4, -0.2) is 30.6 Å². The summed E-state index contributed by atoms with van der Waals surface area (Å²) in [4.78, 5) is 27.1. The number of rotatable bonds is 7. The molecule has 3 aromatic rings. The molecule has 1 unspecified atom stereocenters. The third-order valence-corrected chi connectivity index (χ3v) is 7.74. The van der Waals surface area contributed by atoms with Crippen LogP contribution in [0, 0.1) is 0 Å². The zero-order chi connectivity index (χ0) is 24.1. The Morgan fingerprint density at radius 3 is 2.21 bits per heavy atom. The van der Waals surface area contributed by atoms with E-state index in [2.05, 4.69) is 9.71 Å². The highest BCUT2D eigenvalue weighted by Crippen LogP contribution is 2.35. The van der Waals surface area contributed by atoms with Gasteiger partial charge in [-0.05, 0) is 48.4 Å². The van der Waals surface area contributed by atoms with Gasteiger partial charge in [-0.3, -0.25) is 14.5 Å². The maximum Gasteiger partial charge on any atom is 0.284 e. The number of sulfonamides is 1. The average Bonchev–Trinajstić information content (AvgIpc) is 3.13. The Bertz CT molecular complexity index is 1310. The maximum absolute atomic E-state index is 13.3. The van der Waals surface area contributed by atoms with Crippen molar-refractivity contribution in [3.8, 4) is 0 Å². The van der Waals surface area contributed by atoms with E-state index in [-0.39, 0.29) is 22.4 Å². The van der Waals surface area contributed by atoms with Crippen LogP contribution in [0.3, 0.4) is 0 Å². The minimum atomic E-state index is -4.06. The molecular weight excluding hydrogens is 470 g/mol. The molecule has 1 saturated heterocycles. The fourth-order valence-electron chi connectivity index (χ4n) is 3.43. The van der Waals surface area contributed by atoms with Crippen LogP contribution in [0.4, 0.5) is 11.4 Å². The van der Waals surface area contributed by atoms with Gasteiger partial charge in [-0.1, -0.05) is 67.2 Å². The molecule has 1 aliphatic rings. The molecule has 4 rings (SSSR count). The lowest BCUT2D eigenvalue weighted by Gasteiger charge is -2.16. The summed E-state index contributed by atoms with van der Waals surface area (Å²) in [6, 6.07) is 24.1. The number of thioether (sulfide) groups is 1. The van der Waals surface area contributed by atoms with E-state index in [1.165, 1.54) is 17.0 Å². The van der Waals surface area contributed by atoms with Gasteiger partial charge in [0.2, 0.25) is 11.8 Å². The molecule has 0 radical (unpaired) electrons. The minimum absolute atomic E-state index is 0.0216. The lowest BCUT2D eigenvalue weighted by atomic mass is 10.2. The van der Waals surface area contributed by atoms with Gasteiger partial charge in [0.05, 0.1) is 10.6 Å². The molecule has 0 aromatic heterocycles. The summed E-state index contributed by atoms with van der Waals surface area (Å²) < 4.78 is 30.1. The van der Waals surface area contributed by atoms with Crippen molar-refractivity contribution in [2.75, 3.05) is 10.2 Å². The summed E-state index contributed by atoms with van der Waals surface area (Å²) in [5, 5.41) is 1.98. The topological polar surface area (TPSA) is 95.9 Å². The van der Waals surface area contributed by atoms with Gasteiger partial charge in [0, 0.05) is 12.1 Å². The van der Waals surface area contributed by atoms with Crippen LogP contribution >= 0.6 is 11.8 Å². The Labute approximate surface area is 203 Å². The summed E-state index contributed by atoms with van der Waals surface area (Å²) in [6.07, 6.45) is 0.666. The van der Waals surface area contributed by atoms with Crippen LogP contribution in [0.1, 0.15) is 18.9 Å². The van der Waals surface area contributed by atoms with Crippen molar-refractivity contribution in [2.45, 2.75) is 29.9 Å². The first-order chi connectivity index (χ1) is 16.4. The van der Waals surface area contributed by atoms with Gasteiger partial charge in [0.15, 0.2) is 5.17 Å². The van der Waals surface area contributed by atoms with Gasteiger partial charge in [0.25, 0.3) is 10.0 Å². The molecule has 2 amide bonds. The van der Waals surface area contributed by atoms with E-state index < -0.39 is 21.2 Å². The Hall–Kier alpha value is -3.43. The van der Waals surface area contributed by atoms with Crippen LogP contribution in [0.2, 0.25) is 0 Å². The van der Waals surface area contributed by atoms with Crippen LogP contribution in [0.15, 0.2) is 94.2 Å². The molecule has 1 aliphatic heterocycles. The first-order valence-corrected chi connectivity index (χ1v) is 13.0. The number of anilines is 2. The van der Waals surface area contributed by atoms with Crippen molar-refractivity contribution in [1.29, 1.82) is 0 Å². The second-order valence-electron chi connectivity index (χ2n) is 7.58. The summed E-state index contributed by atoms with van der Waals surface area (Å²) in [5.41, 5.74) is 2.11. The number of amidine groups is 1. The van der Waals surface area contributed by atoms with Gasteiger partial charge >= 0.3 is 0 Å². The number of hydrogen-bond acceptors (Lipinski definition) is 5. The molecule has 7 nitrogen and oxygen atoms in total. The van der Waals surface area contributed by atoms with Gasteiger partial charge in [-0.2, -0.15) is 8.42 Å². The van der Waals surface area contributed by atoms with E-state index in [1.54, 1.807) is 66.7 Å². The SMILES string of the molecule is CCc1ccc(S(=O)(=O)N=C2SC(CC(=O)Nc3ccccc3)C(=O)N2c2ccccc2)cc1. The number of nitrogens with one attached hydrogen (secondary N) is 1. The number of para-hydroxylation sites is 2. The number of amides is 2. The predicted octanol–water partition coefficient (Wildman–Crippen LogP) is 4.47. The molecule has 34 heavy (non-hydrogen) atoms. The second-order valence-corrected chi connectivity index (χ2v) is 10.4. The number of hydrogen-bond donors (Lipinski definition) is 1. The van der Waals surface area contributed by atoms with Crippen molar-refractivity contribution < 1.29 is 18.0 Å². The third kappa shape index (κ3) is 5.37. The highest BCUT2D eigenvalue weighted by Gasteiger charge is 2.41. The number of benzene rings is 3. The minimum Gasteiger partial charge on any atom is -0.326 e. The summed E-state index contributed by atoms with van der Waals surface area (Å²) in [7, 11) is -4.06. The molecule has 0 bridgehead atoms. The number of carbonyl (C=O) groups excluding carboxylic acids is 2. The van der Waals surface area contributed by atoms with E-state index in [0.29, 0.717) is 11.4 Å². The molecule has 1 fully saturated rings. The maximum atomic E-state index is 13.3. The standard InChI is InChI=1S/C25H23N3O4S2/c1-2-18-13-15-21(16-14-18)34(31,32)27-25-28(20-11-7-4-8-12-20)24(30)22(33-25)17-23(29)26-19-9-5-3-6-10-19/h3-16,22H,2,17H2,1H3,(H,26,29). The smallest absolute Gasteiger partial charge is 0.284 e. The number of aryl methyl sites for hydroxylation is 1. The quantitative estimate of drug-likeness (QED) is 0.524. The van der Waals surface area contributed by atoms with Gasteiger partial charge in [0.1, 0.15) is 5.25 Å². The highest BCUT2D eigenvalue weighted by atomic mass is 32.2. The van der Waals surface area contributed by atoms with Crippen LogP contribution in [0.5, 0.6) is 0 Å². The zero-order valence-electron chi connectivity index (χ0n) is 18.4. The molecule has 1 atom stereocenters. The fraction of sp³-hybridized carbons (Fsp3) is 0.160. The summed E-state index contributed by atoms with van der Waals surface area (Å²) in [6.45, 7) is 1.98. The molecule has 3 aromatic carbocycles.